The van der Waals surface area contributed by atoms with Crippen molar-refractivity contribution in [3.63, 3.8) is 0 Å². The number of hydrogen-bond acceptors (Lipinski definition) is 1. The van der Waals surface area contributed by atoms with Crippen LogP contribution in [0.4, 0.5) is 0 Å². The Bertz CT molecular complexity index is 610. The Labute approximate surface area is 174 Å². The van der Waals surface area contributed by atoms with Crippen molar-refractivity contribution >= 4 is 0 Å². The number of aliphatic hydroxyl groups is 1. The van der Waals surface area contributed by atoms with Crippen molar-refractivity contribution < 1.29 is 5.11 Å². The van der Waals surface area contributed by atoms with E-state index in [-0.39, 0.29) is 6.10 Å². The zero-order valence-corrected chi connectivity index (χ0v) is 19.0. The second-order valence-electron chi connectivity index (χ2n) is 10.8. The largest absolute Gasteiger partial charge is 0.393 e. The average molecular weight is 385 g/mol. The average Bonchev–Trinajstić information content (AvgIpc) is 2.99. The molecule has 3 aliphatic rings. The molecule has 0 unspecified atom stereocenters. The predicted molar refractivity (Wildman–Crippen MR) is 121 cm³/mol. The molecule has 3 saturated carbocycles. The number of rotatable bonds is 6. The molecule has 0 spiro atoms. The second-order valence-corrected chi connectivity index (χ2v) is 10.8. The highest BCUT2D eigenvalue weighted by Gasteiger charge is 2.50. The van der Waals surface area contributed by atoms with E-state index in [9.17, 15) is 5.11 Å². The van der Waals surface area contributed by atoms with Crippen molar-refractivity contribution in [3.05, 3.63) is 35.5 Å². The molecule has 5 atom stereocenters. The lowest BCUT2D eigenvalue weighted by Gasteiger charge is -2.44. The van der Waals surface area contributed by atoms with Crippen LogP contribution >= 0.6 is 0 Å². The highest BCUT2D eigenvalue weighted by Crippen LogP contribution is 2.59. The summed E-state index contributed by atoms with van der Waals surface area (Å²) in [4.78, 5) is 0. The maximum absolute atomic E-state index is 10.0. The summed E-state index contributed by atoms with van der Waals surface area (Å²) in [6.07, 6.45) is 18.2. The van der Waals surface area contributed by atoms with Gasteiger partial charge >= 0.3 is 0 Å². The molecular formula is C27H44O. The molecular weight excluding hydrogens is 340 g/mol. The van der Waals surface area contributed by atoms with E-state index >= 15 is 0 Å². The van der Waals surface area contributed by atoms with Gasteiger partial charge in [-0.05, 0) is 86.0 Å². The van der Waals surface area contributed by atoms with Crippen LogP contribution in [0.1, 0.15) is 98.3 Å². The summed E-state index contributed by atoms with van der Waals surface area (Å²) in [6.45, 7) is 14.1. The van der Waals surface area contributed by atoms with E-state index in [0.717, 1.165) is 42.9 Å². The minimum atomic E-state index is -0.172. The first kappa shape index (κ1) is 21.9. The maximum atomic E-state index is 10.0. The van der Waals surface area contributed by atoms with Gasteiger partial charge in [0.15, 0.2) is 0 Å². The van der Waals surface area contributed by atoms with Crippen LogP contribution in [0.5, 0.6) is 0 Å². The second kappa shape index (κ2) is 9.33. The van der Waals surface area contributed by atoms with E-state index in [1.807, 2.05) is 0 Å². The highest BCUT2D eigenvalue weighted by molar-refractivity contribution is 5.36. The predicted octanol–water partition coefficient (Wildman–Crippen LogP) is 7.62. The summed E-state index contributed by atoms with van der Waals surface area (Å²) in [6, 6.07) is 0. The molecule has 3 rings (SSSR count). The van der Waals surface area contributed by atoms with Gasteiger partial charge in [0.2, 0.25) is 0 Å². The van der Waals surface area contributed by atoms with Crippen LogP contribution in [-0.2, 0) is 0 Å². The Morgan fingerprint density at radius 1 is 1.11 bits per heavy atom. The minimum absolute atomic E-state index is 0.172. The number of allylic oxidation sites excluding steroid dienone is 4. The zero-order chi connectivity index (χ0) is 20.3. The van der Waals surface area contributed by atoms with Gasteiger partial charge in [-0.25, -0.2) is 0 Å². The molecule has 28 heavy (non-hydrogen) atoms. The fraction of sp³-hybridized carbons (Fsp3) is 0.778. The van der Waals surface area contributed by atoms with E-state index in [1.54, 1.807) is 5.57 Å². The molecule has 0 saturated heterocycles. The van der Waals surface area contributed by atoms with Gasteiger partial charge in [-0.1, -0.05) is 76.8 Å². The molecule has 3 fully saturated rings. The first-order valence-corrected chi connectivity index (χ1v) is 12.1. The summed E-state index contributed by atoms with van der Waals surface area (Å²) >= 11 is 0. The molecule has 0 heterocycles. The van der Waals surface area contributed by atoms with Gasteiger partial charge < -0.3 is 5.11 Å². The van der Waals surface area contributed by atoms with Crippen molar-refractivity contribution in [1.82, 2.24) is 0 Å². The lowest BCUT2D eigenvalue weighted by atomic mass is 9.60. The van der Waals surface area contributed by atoms with Gasteiger partial charge in [0, 0.05) is 0 Å². The normalized spacial score (nSPS) is 37.6. The summed E-state index contributed by atoms with van der Waals surface area (Å²) in [7, 11) is 0. The summed E-state index contributed by atoms with van der Waals surface area (Å²) in [5.74, 6) is 3.37. The molecule has 3 aliphatic carbocycles. The molecule has 1 heteroatoms. The van der Waals surface area contributed by atoms with Gasteiger partial charge in [-0.3, -0.25) is 0 Å². The fourth-order valence-corrected chi connectivity index (χ4v) is 6.66. The van der Waals surface area contributed by atoms with Crippen LogP contribution in [0, 0.1) is 29.1 Å². The van der Waals surface area contributed by atoms with Crippen molar-refractivity contribution in [2.24, 2.45) is 29.1 Å². The van der Waals surface area contributed by atoms with E-state index in [0.29, 0.717) is 5.41 Å². The minimum Gasteiger partial charge on any atom is -0.393 e. The van der Waals surface area contributed by atoms with Crippen molar-refractivity contribution in [1.29, 1.82) is 0 Å². The van der Waals surface area contributed by atoms with Crippen molar-refractivity contribution in [3.8, 4) is 0 Å². The number of hydrogen-bond donors (Lipinski definition) is 1. The third-order valence-electron chi connectivity index (χ3n) is 8.35. The Kier molecular flexibility index (Phi) is 7.29. The van der Waals surface area contributed by atoms with E-state index < -0.39 is 0 Å². The Morgan fingerprint density at radius 2 is 1.89 bits per heavy atom. The Hall–Kier alpha value is -0.820. The molecule has 0 aromatic rings. The molecule has 0 radical (unpaired) electrons. The van der Waals surface area contributed by atoms with Gasteiger partial charge in [-0.2, -0.15) is 0 Å². The first-order valence-electron chi connectivity index (χ1n) is 12.1. The quantitative estimate of drug-likeness (QED) is 0.499. The monoisotopic (exact) mass is 384 g/mol. The molecule has 0 aromatic heterocycles. The third kappa shape index (κ3) is 4.84. The van der Waals surface area contributed by atoms with Crippen molar-refractivity contribution in [2.45, 2.75) is 104 Å². The lowest BCUT2D eigenvalue weighted by Crippen LogP contribution is -2.36. The van der Waals surface area contributed by atoms with Gasteiger partial charge in [0.25, 0.3) is 0 Å². The fourth-order valence-electron chi connectivity index (χ4n) is 6.66. The van der Waals surface area contributed by atoms with Crippen LogP contribution in [0.15, 0.2) is 35.5 Å². The highest BCUT2D eigenvalue weighted by atomic mass is 16.3. The van der Waals surface area contributed by atoms with Gasteiger partial charge in [0.1, 0.15) is 0 Å². The van der Waals surface area contributed by atoms with Crippen LogP contribution in [0.3, 0.4) is 0 Å². The topological polar surface area (TPSA) is 20.2 Å². The lowest BCUT2D eigenvalue weighted by molar-refractivity contribution is 0.0929. The Balaban J connectivity index is 1.70. The number of aliphatic hydroxyl groups excluding tert-OH is 1. The third-order valence-corrected chi connectivity index (χ3v) is 8.35. The van der Waals surface area contributed by atoms with E-state index in [1.165, 1.54) is 62.5 Å². The summed E-state index contributed by atoms with van der Waals surface area (Å²) < 4.78 is 0. The summed E-state index contributed by atoms with van der Waals surface area (Å²) in [5, 5.41) is 10.0. The van der Waals surface area contributed by atoms with Gasteiger partial charge in [0.05, 0.1) is 6.10 Å². The number of fused-ring (bicyclic) bond motifs is 1. The SMILES string of the molecule is C=C1CC[C@@H](O)C/C1=C/C=C1\CCC[C@]2(C)[C@@H]([C@@H](C)CCCC(C)C)CC[C@@H]12. The molecule has 0 bridgehead atoms. The van der Waals surface area contributed by atoms with E-state index in [2.05, 4.69) is 46.4 Å². The van der Waals surface area contributed by atoms with Crippen LogP contribution in [0.25, 0.3) is 0 Å². The van der Waals surface area contributed by atoms with Crippen LogP contribution < -0.4 is 0 Å². The first-order chi connectivity index (χ1) is 13.3. The maximum Gasteiger partial charge on any atom is 0.0583 e. The molecule has 0 aliphatic heterocycles. The van der Waals surface area contributed by atoms with Crippen molar-refractivity contribution in [2.75, 3.05) is 0 Å². The van der Waals surface area contributed by atoms with Crippen LogP contribution in [0.2, 0.25) is 0 Å². The molecule has 1 N–H and O–H groups in total. The molecule has 158 valence electrons. The molecule has 0 amide bonds. The van der Waals surface area contributed by atoms with E-state index in [4.69, 9.17) is 0 Å². The zero-order valence-electron chi connectivity index (χ0n) is 19.0. The molecule has 1 nitrogen and oxygen atoms in total. The van der Waals surface area contributed by atoms with Gasteiger partial charge in [-0.15, -0.1) is 0 Å². The standard InChI is InChI=1S/C27H44O/c1-19(2)8-6-9-21(4)25-15-16-26-22(10-7-17-27(25,26)5)12-13-23-18-24(28)14-11-20(23)3/h12-13,19,21,24-26,28H,3,6-11,14-18H2,1-2,4-5H3/b22-12+,23-13-/t21-,24+,25+,26-,27+/m0/s1. The summed E-state index contributed by atoms with van der Waals surface area (Å²) in [5.41, 5.74) is 4.72. The smallest absolute Gasteiger partial charge is 0.0583 e. The molecule has 0 aromatic carbocycles. The van der Waals surface area contributed by atoms with Crippen LogP contribution in [-0.4, -0.2) is 11.2 Å². The Morgan fingerprint density at radius 3 is 2.64 bits per heavy atom.